The van der Waals surface area contributed by atoms with E-state index in [2.05, 4.69) is 13.8 Å². The highest BCUT2D eigenvalue weighted by molar-refractivity contribution is 6.20. The van der Waals surface area contributed by atoms with Gasteiger partial charge in [-0.25, -0.2) is 0 Å². The summed E-state index contributed by atoms with van der Waals surface area (Å²) >= 11 is 6.28. The van der Waals surface area contributed by atoms with Crippen LogP contribution < -0.4 is 0 Å². The average Bonchev–Trinajstić information content (AvgIpc) is 2.78. The zero-order valence-electron chi connectivity index (χ0n) is 10.2. The molecule has 2 saturated carbocycles. The van der Waals surface area contributed by atoms with Gasteiger partial charge in [0, 0.05) is 5.38 Å². The predicted molar refractivity (Wildman–Crippen MR) is 67.3 cm³/mol. The molecule has 0 radical (unpaired) electrons. The molecule has 0 spiro atoms. The van der Waals surface area contributed by atoms with Crippen LogP contribution >= 0.6 is 11.6 Å². The zero-order chi connectivity index (χ0) is 10.8. The minimum Gasteiger partial charge on any atom is -0.123 e. The Bertz CT molecular complexity index is 200. The molecule has 88 valence electrons. The van der Waals surface area contributed by atoms with Crippen LogP contribution in [0.3, 0.4) is 0 Å². The molecule has 4 atom stereocenters. The number of alkyl halides is 1. The van der Waals surface area contributed by atoms with Crippen molar-refractivity contribution in [3.63, 3.8) is 0 Å². The number of fused-ring (bicyclic) bond motifs is 2. The summed E-state index contributed by atoms with van der Waals surface area (Å²) in [7, 11) is 0. The molecule has 0 amide bonds. The summed E-state index contributed by atoms with van der Waals surface area (Å²) in [6, 6.07) is 0. The highest BCUT2D eigenvalue weighted by Crippen LogP contribution is 2.50. The van der Waals surface area contributed by atoms with Crippen LogP contribution in [0.1, 0.15) is 58.8 Å². The molecule has 1 heteroatoms. The Labute approximate surface area is 99.8 Å². The Hall–Kier alpha value is 0.290. The molecule has 4 unspecified atom stereocenters. The van der Waals surface area contributed by atoms with Crippen LogP contribution in [0.2, 0.25) is 0 Å². The molecule has 2 bridgehead atoms. The Kier molecular flexibility index (Phi) is 3.98. The van der Waals surface area contributed by atoms with Gasteiger partial charge in [0.1, 0.15) is 0 Å². The van der Waals surface area contributed by atoms with Crippen molar-refractivity contribution in [3.05, 3.63) is 0 Å². The topological polar surface area (TPSA) is 0 Å². The van der Waals surface area contributed by atoms with E-state index >= 15 is 0 Å². The molecule has 2 aliphatic carbocycles. The summed E-state index contributed by atoms with van der Waals surface area (Å²) in [6.07, 6.45) is 10.2. The van der Waals surface area contributed by atoms with E-state index in [1.54, 1.807) is 12.8 Å². The van der Waals surface area contributed by atoms with Crippen molar-refractivity contribution >= 4 is 11.6 Å². The molecule has 2 rings (SSSR count). The van der Waals surface area contributed by atoms with Crippen molar-refractivity contribution in [2.45, 2.75) is 64.2 Å². The molecule has 0 N–H and O–H groups in total. The maximum absolute atomic E-state index is 6.28. The van der Waals surface area contributed by atoms with E-state index in [1.807, 2.05) is 0 Å². The predicted octanol–water partition coefficient (Wildman–Crippen LogP) is 4.86. The molecule has 0 nitrogen and oxygen atoms in total. The molecular formula is C14H25Cl. The van der Waals surface area contributed by atoms with Gasteiger partial charge < -0.3 is 0 Å². The average molecular weight is 229 g/mol. The zero-order valence-corrected chi connectivity index (χ0v) is 11.0. The molecule has 2 fully saturated rings. The van der Waals surface area contributed by atoms with E-state index in [4.69, 9.17) is 11.6 Å². The van der Waals surface area contributed by atoms with Gasteiger partial charge in [0.25, 0.3) is 0 Å². The van der Waals surface area contributed by atoms with Crippen LogP contribution in [0.25, 0.3) is 0 Å². The monoisotopic (exact) mass is 228 g/mol. The van der Waals surface area contributed by atoms with Crippen LogP contribution in [-0.2, 0) is 0 Å². The highest BCUT2D eigenvalue weighted by atomic mass is 35.5. The smallest absolute Gasteiger partial charge is 0.0359 e. The SMILES string of the molecule is CC(C)C(Cl)CCCC1CC2CCC1C2. The number of hydrogen-bond acceptors (Lipinski definition) is 0. The third-order valence-corrected chi connectivity index (χ3v) is 5.38. The van der Waals surface area contributed by atoms with Crippen LogP contribution in [0.4, 0.5) is 0 Å². The second kappa shape index (κ2) is 5.08. The summed E-state index contributed by atoms with van der Waals surface area (Å²) in [6.45, 7) is 4.46. The standard InChI is InChI=1S/C14H25Cl/c1-10(2)14(15)5-3-4-12-8-11-6-7-13(12)9-11/h10-14H,3-9H2,1-2H3. The molecule has 0 heterocycles. The lowest BCUT2D eigenvalue weighted by molar-refractivity contribution is 0.303. The van der Waals surface area contributed by atoms with Gasteiger partial charge in [-0.05, 0) is 49.4 Å². The van der Waals surface area contributed by atoms with Crippen LogP contribution in [0.15, 0.2) is 0 Å². The van der Waals surface area contributed by atoms with E-state index in [-0.39, 0.29) is 0 Å². The van der Waals surface area contributed by atoms with Crippen molar-refractivity contribution in [1.82, 2.24) is 0 Å². The van der Waals surface area contributed by atoms with Crippen LogP contribution in [0.5, 0.6) is 0 Å². The van der Waals surface area contributed by atoms with E-state index in [0.717, 1.165) is 17.8 Å². The molecule has 0 aromatic heterocycles. The second-order valence-corrected chi connectivity index (χ2v) is 6.69. The van der Waals surface area contributed by atoms with E-state index in [9.17, 15) is 0 Å². The van der Waals surface area contributed by atoms with Crippen molar-refractivity contribution in [2.75, 3.05) is 0 Å². The fourth-order valence-corrected chi connectivity index (χ4v) is 3.79. The van der Waals surface area contributed by atoms with Gasteiger partial charge in [0.05, 0.1) is 0 Å². The van der Waals surface area contributed by atoms with Gasteiger partial charge >= 0.3 is 0 Å². The maximum Gasteiger partial charge on any atom is 0.0359 e. The minimum atomic E-state index is 0.406. The minimum absolute atomic E-state index is 0.406. The van der Waals surface area contributed by atoms with Gasteiger partial charge in [0.2, 0.25) is 0 Å². The lowest BCUT2D eigenvalue weighted by atomic mass is 9.85. The number of rotatable bonds is 5. The molecule has 0 saturated heterocycles. The van der Waals surface area contributed by atoms with Gasteiger partial charge in [-0.2, -0.15) is 0 Å². The quantitative estimate of drug-likeness (QED) is 0.590. The summed E-state index contributed by atoms with van der Waals surface area (Å²) in [5, 5.41) is 0.406. The first-order chi connectivity index (χ1) is 7.16. The summed E-state index contributed by atoms with van der Waals surface area (Å²) in [5.41, 5.74) is 0. The van der Waals surface area contributed by atoms with E-state index in [1.165, 1.54) is 32.1 Å². The number of hydrogen-bond donors (Lipinski definition) is 0. The molecule has 2 aliphatic rings. The van der Waals surface area contributed by atoms with Crippen molar-refractivity contribution in [3.8, 4) is 0 Å². The molecule has 0 aromatic carbocycles. The summed E-state index contributed by atoms with van der Waals surface area (Å²) in [5.74, 6) is 3.92. The Morgan fingerprint density at radius 2 is 2.00 bits per heavy atom. The first-order valence-corrected chi connectivity index (χ1v) is 7.24. The molecule has 0 aliphatic heterocycles. The molecular weight excluding hydrogens is 204 g/mol. The van der Waals surface area contributed by atoms with Gasteiger partial charge in [-0.1, -0.05) is 33.1 Å². The van der Waals surface area contributed by atoms with Crippen molar-refractivity contribution in [1.29, 1.82) is 0 Å². The highest BCUT2D eigenvalue weighted by Gasteiger charge is 2.38. The Morgan fingerprint density at radius 1 is 1.20 bits per heavy atom. The lowest BCUT2D eigenvalue weighted by Crippen LogP contribution is -2.12. The Morgan fingerprint density at radius 3 is 2.53 bits per heavy atom. The fraction of sp³-hybridized carbons (Fsp3) is 1.00. The molecule has 15 heavy (non-hydrogen) atoms. The third kappa shape index (κ3) is 2.90. The third-order valence-electron chi connectivity index (χ3n) is 4.66. The van der Waals surface area contributed by atoms with Crippen molar-refractivity contribution < 1.29 is 0 Å². The maximum atomic E-state index is 6.28. The van der Waals surface area contributed by atoms with Crippen molar-refractivity contribution in [2.24, 2.45) is 23.7 Å². The van der Waals surface area contributed by atoms with E-state index in [0.29, 0.717) is 11.3 Å². The van der Waals surface area contributed by atoms with Gasteiger partial charge in [-0.3, -0.25) is 0 Å². The fourth-order valence-electron chi connectivity index (χ4n) is 3.64. The first kappa shape index (κ1) is 11.8. The summed E-state index contributed by atoms with van der Waals surface area (Å²) < 4.78 is 0. The normalized spacial score (nSPS) is 36.4. The van der Waals surface area contributed by atoms with Gasteiger partial charge in [0.15, 0.2) is 0 Å². The van der Waals surface area contributed by atoms with Crippen LogP contribution in [-0.4, -0.2) is 5.38 Å². The van der Waals surface area contributed by atoms with Crippen LogP contribution in [0, 0.1) is 23.7 Å². The first-order valence-electron chi connectivity index (χ1n) is 6.81. The van der Waals surface area contributed by atoms with Gasteiger partial charge in [-0.15, -0.1) is 11.6 Å². The lowest BCUT2D eigenvalue weighted by Gasteiger charge is -2.22. The van der Waals surface area contributed by atoms with E-state index < -0.39 is 0 Å². The molecule has 0 aromatic rings. The summed E-state index contributed by atoms with van der Waals surface area (Å²) in [4.78, 5) is 0. The Balaban J connectivity index is 1.62. The second-order valence-electron chi connectivity index (χ2n) is 6.13. The number of halogens is 1. The largest absolute Gasteiger partial charge is 0.123 e.